The van der Waals surface area contributed by atoms with Crippen LogP contribution in [-0.2, 0) is 14.0 Å². The third kappa shape index (κ3) is 3.11. The predicted octanol–water partition coefficient (Wildman–Crippen LogP) is 3.04. The van der Waals surface area contributed by atoms with Gasteiger partial charge < -0.3 is 14.0 Å². The molecule has 1 unspecified atom stereocenters. The van der Waals surface area contributed by atoms with Crippen molar-refractivity contribution in [1.29, 1.82) is 0 Å². The fourth-order valence-corrected chi connectivity index (χ4v) is 3.31. The highest BCUT2D eigenvalue weighted by Crippen LogP contribution is 2.36. The molecule has 0 aromatic carbocycles. The summed E-state index contributed by atoms with van der Waals surface area (Å²) in [5.41, 5.74) is 1.41. The number of halogens is 1. The molecule has 3 heterocycles. The van der Waals surface area contributed by atoms with E-state index in [0.717, 1.165) is 41.8 Å². The van der Waals surface area contributed by atoms with Gasteiger partial charge in [0.25, 0.3) is 0 Å². The number of aromatic nitrogens is 1. The average molecular weight is 368 g/mol. The van der Waals surface area contributed by atoms with Crippen LogP contribution in [0.1, 0.15) is 52.1 Å². The number of pyridine rings is 1. The standard InChI is InChI=1S/C16H23BBrNO3/c1-15(2)16(3,4)22-17(21-15)12-8-13(19-14(18)9-12)11-6-5-7-20-10-11/h8-9,11H,5-7,10H2,1-4H3. The van der Waals surface area contributed by atoms with Crippen molar-refractivity contribution < 1.29 is 14.0 Å². The average Bonchev–Trinajstić information content (AvgIpc) is 2.68. The molecule has 2 aliphatic heterocycles. The van der Waals surface area contributed by atoms with Crippen molar-refractivity contribution in [2.75, 3.05) is 13.2 Å². The second kappa shape index (κ2) is 5.89. The van der Waals surface area contributed by atoms with Crippen LogP contribution < -0.4 is 5.46 Å². The van der Waals surface area contributed by atoms with Crippen LogP contribution in [0.5, 0.6) is 0 Å². The van der Waals surface area contributed by atoms with E-state index in [-0.39, 0.29) is 18.3 Å². The molecule has 2 saturated heterocycles. The minimum Gasteiger partial charge on any atom is -0.399 e. The van der Waals surface area contributed by atoms with E-state index < -0.39 is 0 Å². The Morgan fingerprint density at radius 2 is 1.86 bits per heavy atom. The van der Waals surface area contributed by atoms with Gasteiger partial charge in [-0.1, -0.05) is 0 Å². The lowest BCUT2D eigenvalue weighted by Gasteiger charge is -2.32. The van der Waals surface area contributed by atoms with Crippen molar-refractivity contribution in [2.45, 2.75) is 57.7 Å². The first-order chi connectivity index (χ1) is 10.3. The molecule has 1 atom stereocenters. The van der Waals surface area contributed by atoms with Gasteiger partial charge in [-0.15, -0.1) is 0 Å². The largest absolute Gasteiger partial charge is 0.494 e. The Hall–Kier alpha value is -0.425. The van der Waals surface area contributed by atoms with E-state index in [9.17, 15) is 0 Å². The lowest BCUT2D eigenvalue weighted by Crippen LogP contribution is -2.41. The molecule has 0 aliphatic carbocycles. The first-order valence-electron chi connectivity index (χ1n) is 7.89. The first-order valence-corrected chi connectivity index (χ1v) is 8.68. The number of nitrogens with zero attached hydrogens (tertiary/aromatic N) is 1. The summed E-state index contributed by atoms with van der Waals surface area (Å²) in [7, 11) is -0.354. The quantitative estimate of drug-likeness (QED) is 0.595. The maximum absolute atomic E-state index is 6.15. The van der Waals surface area contributed by atoms with Gasteiger partial charge in [0.1, 0.15) is 4.60 Å². The predicted molar refractivity (Wildman–Crippen MR) is 90.4 cm³/mol. The molecule has 2 fully saturated rings. The zero-order chi connectivity index (χ0) is 16.0. The van der Waals surface area contributed by atoms with E-state index in [1.54, 1.807) is 0 Å². The van der Waals surface area contributed by atoms with E-state index >= 15 is 0 Å². The van der Waals surface area contributed by atoms with Crippen LogP contribution in [-0.4, -0.2) is 36.5 Å². The van der Waals surface area contributed by atoms with Crippen molar-refractivity contribution in [3.63, 3.8) is 0 Å². The molecule has 0 saturated carbocycles. The van der Waals surface area contributed by atoms with Crippen LogP contribution in [0.2, 0.25) is 0 Å². The lowest BCUT2D eigenvalue weighted by atomic mass is 9.78. The van der Waals surface area contributed by atoms with Crippen LogP contribution >= 0.6 is 15.9 Å². The van der Waals surface area contributed by atoms with Gasteiger partial charge >= 0.3 is 7.12 Å². The van der Waals surface area contributed by atoms with Gasteiger partial charge in [-0.3, -0.25) is 0 Å². The van der Waals surface area contributed by atoms with Crippen molar-refractivity contribution in [1.82, 2.24) is 4.98 Å². The molecule has 0 radical (unpaired) electrons. The van der Waals surface area contributed by atoms with Crippen molar-refractivity contribution in [3.05, 3.63) is 22.4 Å². The van der Waals surface area contributed by atoms with Gasteiger partial charge in [-0.25, -0.2) is 4.98 Å². The minimum atomic E-state index is -0.354. The second-order valence-corrected chi connectivity index (χ2v) is 7.96. The van der Waals surface area contributed by atoms with Crippen LogP contribution in [0.25, 0.3) is 0 Å². The topological polar surface area (TPSA) is 40.6 Å². The Bertz CT molecular complexity index is 542. The van der Waals surface area contributed by atoms with Gasteiger partial charge in [-0.2, -0.15) is 0 Å². The van der Waals surface area contributed by atoms with Crippen LogP contribution in [0, 0.1) is 0 Å². The summed E-state index contributed by atoms with van der Waals surface area (Å²) >= 11 is 3.52. The van der Waals surface area contributed by atoms with E-state index in [0.29, 0.717) is 5.92 Å². The van der Waals surface area contributed by atoms with Crippen LogP contribution in [0.4, 0.5) is 0 Å². The SMILES string of the molecule is CC1(C)OB(c2cc(Br)nc(C3CCCOC3)c2)OC1(C)C. The summed E-state index contributed by atoms with van der Waals surface area (Å²) < 4.78 is 18.7. The van der Waals surface area contributed by atoms with E-state index in [1.807, 2.05) is 6.07 Å². The van der Waals surface area contributed by atoms with Crippen molar-refractivity contribution in [2.24, 2.45) is 0 Å². The first kappa shape index (κ1) is 16.4. The molecule has 2 aliphatic rings. The molecular weight excluding hydrogens is 345 g/mol. The summed E-state index contributed by atoms with van der Waals surface area (Å²) in [6.45, 7) is 9.87. The van der Waals surface area contributed by atoms with Gasteiger partial charge in [-0.05, 0) is 74.1 Å². The third-order valence-corrected chi connectivity index (χ3v) is 5.35. The summed E-state index contributed by atoms with van der Waals surface area (Å²) in [6.07, 6.45) is 2.21. The Labute approximate surface area is 141 Å². The maximum Gasteiger partial charge on any atom is 0.494 e. The maximum atomic E-state index is 6.15. The molecule has 0 bridgehead atoms. The monoisotopic (exact) mass is 367 g/mol. The van der Waals surface area contributed by atoms with Crippen molar-refractivity contribution >= 4 is 28.5 Å². The number of hydrogen-bond acceptors (Lipinski definition) is 4. The van der Waals surface area contributed by atoms with Crippen LogP contribution in [0.15, 0.2) is 16.7 Å². The Balaban J connectivity index is 1.87. The third-order valence-electron chi connectivity index (χ3n) is 4.94. The van der Waals surface area contributed by atoms with Gasteiger partial charge in [0, 0.05) is 18.2 Å². The summed E-state index contributed by atoms with van der Waals surface area (Å²) in [5, 5.41) is 0. The lowest BCUT2D eigenvalue weighted by molar-refractivity contribution is 0.00578. The fourth-order valence-electron chi connectivity index (χ4n) is 2.84. The highest BCUT2D eigenvalue weighted by molar-refractivity contribution is 9.10. The van der Waals surface area contributed by atoms with Gasteiger partial charge in [0.05, 0.1) is 17.8 Å². The van der Waals surface area contributed by atoms with Gasteiger partial charge in [0.2, 0.25) is 0 Å². The summed E-state index contributed by atoms with van der Waals surface area (Å²) in [6, 6.07) is 4.08. The molecule has 22 heavy (non-hydrogen) atoms. The highest BCUT2D eigenvalue weighted by atomic mass is 79.9. The minimum absolute atomic E-state index is 0.332. The molecule has 1 aromatic rings. The smallest absolute Gasteiger partial charge is 0.399 e. The Morgan fingerprint density at radius 3 is 2.45 bits per heavy atom. The Morgan fingerprint density at radius 1 is 1.18 bits per heavy atom. The molecule has 0 N–H and O–H groups in total. The molecule has 120 valence electrons. The number of ether oxygens (including phenoxy) is 1. The molecular formula is C16H23BBrNO3. The van der Waals surface area contributed by atoms with Gasteiger partial charge in [0.15, 0.2) is 0 Å². The molecule has 1 aromatic heterocycles. The number of hydrogen-bond donors (Lipinski definition) is 0. The van der Waals surface area contributed by atoms with E-state index in [2.05, 4.69) is 54.7 Å². The van der Waals surface area contributed by atoms with Crippen LogP contribution in [0.3, 0.4) is 0 Å². The molecule has 4 nitrogen and oxygen atoms in total. The molecule has 3 rings (SSSR count). The normalized spacial score (nSPS) is 27.1. The van der Waals surface area contributed by atoms with E-state index in [1.165, 1.54) is 0 Å². The number of rotatable bonds is 2. The van der Waals surface area contributed by atoms with Crippen molar-refractivity contribution in [3.8, 4) is 0 Å². The Kier molecular flexibility index (Phi) is 4.40. The zero-order valence-corrected chi connectivity index (χ0v) is 15.3. The highest BCUT2D eigenvalue weighted by Gasteiger charge is 2.51. The summed E-state index contributed by atoms with van der Waals surface area (Å²) in [4.78, 5) is 4.63. The molecule has 6 heteroatoms. The molecule has 0 amide bonds. The second-order valence-electron chi connectivity index (χ2n) is 7.15. The zero-order valence-electron chi connectivity index (χ0n) is 13.7. The summed E-state index contributed by atoms with van der Waals surface area (Å²) in [5.74, 6) is 0.354. The molecule has 0 spiro atoms. The fraction of sp³-hybridized carbons (Fsp3) is 0.688. The van der Waals surface area contributed by atoms with E-state index in [4.69, 9.17) is 14.0 Å².